The van der Waals surface area contributed by atoms with Gasteiger partial charge >= 0.3 is 0 Å². The zero-order chi connectivity index (χ0) is 18.1. The van der Waals surface area contributed by atoms with Crippen molar-refractivity contribution in [2.24, 2.45) is 0 Å². The lowest BCUT2D eigenvalue weighted by molar-refractivity contribution is 0.102. The van der Waals surface area contributed by atoms with Gasteiger partial charge in [-0.2, -0.15) is 5.10 Å². The number of nitrogens with zero attached hydrogens (tertiary/aromatic N) is 4. The first-order chi connectivity index (χ1) is 12.6. The highest BCUT2D eigenvalue weighted by Gasteiger charge is 2.11. The van der Waals surface area contributed by atoms with Crippen LogP contribution in [0.15, 0.2) is 60.9 Å². The molecule has 0 spiro atoms. The predicted octanol–water partition coefficient (Wildman–Crippen LogP) is 3.68. The Bertz CT molecular complexity index is 1090. The molecular formula is C20H17N5O. The summed E-state index contributed by atoms with van der Waals surface area (Å²) in [6.45, 7) is 3.92. The van der Waals surface area contributed by atoms with Crippen LogP contribution in [0.2, 0.25) is 0 Å². The maximum atomic E-state index is 12.7. The van der Waals surface area contributed by atoms with Crippen molar-refractivity contribution in [3.8, 4) is 5.82 Å². The van der Waals surface area contributed by atoms with Crippen LogP contribution < -0.4 is 5.32 Å². The molecule has 0 bridgehead atoms. The van der Waals surface area contributed by atoms with Gasteiger partial charge in [0.1, 0.15) is 0 Å². The van der Waals surface area contributed by atoms with Crippen molar-refractivity contribution in [3.05, 3.63) is 77.9 Å². The Labute approximate surface area is 150 Å². The van der Waals surface area contributed by atoms with Gasteiger partial charge in [-0.1, -0.05) is 12.1 Å². The molecule has 0 aliphatic carbocycles. The van der Waals surface area contributed by atoms with Crippen molar-refractivity contribution in [1.29, 1.82) is 0 Å². The van der Waals surface area contributed by atoms with Crippen LogP contribution in [0.25, 0.3) is 16.7 Å². The first kappa shape index (κ1) is 16.0. The number of aromatic nitrogens is 4. The summed E-state index contributed by atoms with van der Waals surface area (Å²) in [7, 11) is 0. The topological polar surface area (TPSA) is 72.7 Å². The van der Waals surface area contributed by atoms with Gasteiger partial charge in [-0.25, -0.2) is 9.67 Å². The normalized spacial score (nSPS) is 10.8. The minimum Gasteiger partial charge on any atom is -0.321 e. The fourth-order valence-electron chi connectivity index (χ4n) is 2.95. The number of nitrogens with one attached hydrogen (secondary N) is 1. The quantitative estimate of drug-likeness (QED) is 0.616. The molecule has 0 aliphatic rings. The van der Waals surface area contributed by atoms with Gasteiger partial charge < -0.3 is 5.32 Å². The number of amides is 1. The summed E-state index contributed by atoms with van der Waals surface area (Å²) < 4.78 is 1.78. The number of carbonyl (C=O) groups excluding carboxylic acids is 1. The van der Waals surface area contributed by atoms with Crippen LogP contribution in [0.1, 0.15) is 21.7 Å². The Morgan fingerprint density at radius 2 is 1.92 bits per heavy atom. The molecule has 4 rings (SSSR count). The standard InChI is InChI=1S/C20H17N5O/c1-13-11-14(2)25(24-13)19-9-8-15(12-22-19)23-20(26)17-5-3-7-18-16(17)6-4-10-21-18/h3-12H,1-2H3,(H,23,26). The summed E-state index contributed by atoms with van der Waals surface area (Å²) in [5.41, 5.74) is 3.94. The lowest BCUT2D eigenvalue weighted by atomic mass is 10.1. The molecule has 0 saturated heterocycles. The van der Waals surface area contributed by atoms with Gasteiger partial charge in [-0.05, 0) is 50.2 Å². The van der Waals surface area contributed by atoms with E-state index in [2.05, 4.69) is 20.4 Å². The molecule has 0 saturated carbocycles. The van der Waals surface area contributed by atoms with E-state index in [-0.39, 0.29) is 5.91 Å². The molecule has 0 aliphatic heterocycles. The number of fused-ring (bicyclic) bond motifs is 1. The molecule has 3 aromatic heterocycles. The molecule has 0 unspecified atom stereocenters. The summed E-state index contributed by atoms with van der Waals surface area (Å²) in [4.78, 5) is 21.3. The highest BCUT2D eigenvalue weighted by Crippen LogP contribution is 2.18. The van der Waals surface area contributed by atoms with Gasteiger partial charge in [0, 0.05) is 22.8 Å². The molecule has 1 aromatic carbocycles. The Hall–Kier alpha value is -3.54. The summed E-state index contributed by atoms with van der Waals surface area (Å²) in [5, 5.41) is 8.12. The molecule has 1 N–H and O–H groups in total. The van der Waals surface area contributed by atoms with Gasteiger partial charge in [0.15, 0.2) is 5.82 Å². The number of pyridine rings is 2. The Kier molecular flexibility index (Phi) is 3.93. The predicted molar refractivity (Wildman–Crippen MR) is 101 cm³/mol. The average Bonchev–Trinajstić information content (AvgIpc) is 3.00. The third-order valence-corrected chi connectivity index (χ3v) is 4.12. The molecule has 0 radical (unpaired) electrons. The first-order valence-electron chi connectivity index (χ1n) is 8.26. The van der Waals surface area contributed by atoms with Crippen LogP contribution in [-0.2, 0) is 0 Å². The van der Waals surface area contributed by atoms with Crippen LogP contribution in [-0.4, -0.2) is 25.7 Å². The van der Waals surface area contributed by atoms with Crippen LogP contribution in [0.3, 0.4) is 0 Å². The Morgan fingerprint density at radius 3 is 2.65 bits per heavy atom. The van der Waals surface area contributed by atoms with Crippen molar-refractivity contribution in [1.82, 2.24) is 19.7 Å². The summed E-state index contributed by atoms with van der Waals surface area (Å²) >= 11 is 0. The van der Waals surface area contributed by atoms with E-state index in [4.69, 9.17) is 0 Å². The smallest absolute Gasteiger partial charge is 0.256 e. The van der Waals surface area contributed by atoms with E-state index in [9.17, 15) is 4.79 Å². The van der Waals surface area contributed by atoms with Crippen molar-refractivity contribution in [2.75, 3.05) is 5.32 Å². The van der Waals surface area contributed by atoms with E-state index < -0.39 is 0 Å². The van der Waals surface area contributed by atoms with Crippen LogP contribution in [0.5, 0.6) is 0 Å². The molecule has 3 heterocycles. The van der Waals surface area contributed by atoms with Crippen LogP contribution >= 0.6 is 0 Å². The number of hydrogen-bond donors (Lipinski definition) is 1. The van der Waals surface area contributed by atoms with Gasteiger partial charge in [-0.15, -0.1) is 0 Å². The number of rotatable bonds is 3. The lowest BCUT2D eigenvalue weighted by Gasteiger charge is -2.09. The highest BCUT2D eigenvalue weighted by molar-refractivity contribution is 6.12. The van der Waals surface area contributed by atoms with E-state index in [1.807, 2.05) is 56.3 Å². The average molecular weight is 343 g/mol. The van der Waals surface area contributed by atoms with E-state index in [0.717, 1.165) is 22.3 Å². The fraction of sp³-hybridized carbons (Fsp3) is 0.100. The van der Waals surface area contributed by atoms with Crippen LogP contribution in [0.4, 0.5) is 5.69 Å². The van der Waals surface area contributed by atoms with Crippen molar-refractivity contribution >= 4 is 22.5 Å². The third kappa shape index (κ3) is 2.93. The molecule has 26 heavy (non-hydrogen) atoms. The van der Waals surface area contributed by atoms with Gasteiger partial charge in [0.25, 0.3) is 5.91 Å². The molecule has 4 aromatic rings. The number of carbonyl (C=O) groups is 1. The van der Waals surface area contributed by atoms with E-state index in [1.165, 1.54) is 0 Å². The summed E-state index contributed by atoms with van der Waals surface area (Å²) in [5.74, 6) is 0.521. The van der Waals surface area contributed by atoms with Gasteiger partial charge in [0.05, 0.1) is 23.1 Å². The highest BCUT2D eigenvalue weighted by atomic mass is 16.1. The van der Waals surface area contributed by atoms with Crippen molar-refractivity contribution in [2.45, 2.75) is 13.8 Å². The second-order valence-corrected chi connectivity index (χ2v) is 6.07. The molecule has 6 heteroatoms. The molecular weight excluding hydrogens is 326 g/mol. The number of anilines is 1. The zero-order valence-corrected chi connectivity index (χ0v) is 14.5. The summed E-state index contributed by atoms with van der Waals surface area (Å²) in [6.07, 6.45) is 3.35. The molecule has 6 nitrogen and oxygen atoms in total. The van der Waals surface area contributed by atoms with Crippen LogP contribution in [0, 0.1) is 13.8 Å². The molecule has 1 amide bonds. The third-order valence-electron chi connectivity index (χ3n) is 4.12. The molecule has 0 atom stereocenters. The Balaban J connectivity index is 1.59. The first-order valence-corrected chi connectivity index (χ1v) is 8.26. The SMILES string of the molecule is Cc1cc(C)n(-c2ccc(NC(=O)c3cccc4ncccc34)cn2)n1. The number of hydrogen-bond acceptors (Lipinski definition) is 4. The lowest BCUT2D eigenvalue weighted by Crippen LogP contribution is -2.13. The van der Waals surface area contributed by atoms with Crippen molar-refractivity contribution in [3.63, 3.8) is 0 Å². The minimum absolute atomic E-state index is 0.190. The minimum atomic E-state index is -0.190. The maximum Gasteiger partial charge on any atom is 0.256 e. The number of benzene rings is 1. The zero-order valence-electron chi connectivity index (χ0n) is 14.5. The van der Waals surface area contributed by atoms with Gasteiger partial charge in [-0.3, -0.25) is 9.78 Å². The van der Waals surface area contributed by atoms with E-state index in [1.54, 1.807) is 23.1 Å². The second kappa shape index (κ2) is 6.40. The molecule has 128 valence electrons. The monoisotopic (exact) mass is 343 g/mol. The Morgan fingerprint density at radius 1 is 1.04 bits per heavy atom. The second-order valence-electron chi connectivity index (χ2n) is 6.07. The molecule has 0 fully saturated rings. The fourth-order valence-corrected chi connectivity index (χ4v) is 2.95. The number of aryl methyl sites for hydroxylation is 2. The van der Waals surface area contributed by atoms with Gasteiger partial charge in [0.2, 0.25) is 0 Å². The summed E-state index contributed by atoms with van der Waals surface area (Å²) in [6, 6.07) is 14.9. The van der Waals surface area contributed by atoms with Crippen molar-refractivity contribution < 1.29 is 4.79 Å². The van der Waals surface area contributed by atoms with E-state index >= 15 is 0 Å². The largest absolute Gasteiger partial charge is 0.321 e. The maximum absolute atomic E-state index is 12.7. The van der Waals surface area contributed by atoms with E-state index in [0.29, 0.717) is 17.1 Å².